The van der Waals surface area contributed by atoms with E-state index < -0.39 is 0 Å². The first-order valence-corrected chi connectivity index (χ1v) is 6.46. The minimum absolute atomic E-state index is 0.0936. The topological polar surface area (TPSA) is 52.9 Å². The van der Waals surface area contributed by atoms with Crippen LogP contribution in [0.3, 0.4) is 0 Å². The molecule has 3 heteroatoms. The Morgan fingerprint density at radius 3 is 2.33 bits per heavy atom. The van der Waals surface area contributed by atoms with Crippen LogP contribution in [0.1, 0.15) is 43.0 Å². The van der Waals surface area contributed by atoms with Crippen molar-refractivity contribution in [2.75, 3.05) is 5.32 Å². The molecule has 1 aromatic carbocycles. The van der Waals surface area contributed by atoms with Crippen LogP contribution >= 0.6 is 0 Å². The molecule has 0 bridgehead atoms. The number of hydrogen-bond donors (Lipinski definition) is 1. The van der Waals surface area contributed by atoms with Crippen molar-refractivity contribution in [2.45, 2.75) is 38.6 Å². The standard InChI is InChI=1S/C15H18N2O/c1-11(18)13-4-8-15(9-5-13)17-14-6-2-12(10-16)3-7-14/h4-5,8-9,12,14,17H,2-3,6-7H2,1H3. The van der Waals surface area contributed by atoms with Gasteiger partial charge in [0.2, 0.25) is 0 Å². The minimum Gasteiger partial charge on any atom is -0.382 e. The van der Waals surface area contributed by atoms with Gasteiger partial charge >= 0.3 is 0 Å². The summed E-state index contributed by atoms with van der Waals surface area (Å²) in [5.41, 5.74) is 1.80. The molecule has 0 radical (unpaired) electrons. The average Bonchev–Trinajstić information content (AvgIpc) is 2.40. The summed E-state index contributed by atoms with van der Waals surface area (Å²) in [6, 6.07) is 10.4. The third-order valence-corrected chi connectivity index (χ3v) is 3.57. The molecule has 0 aromatic heterocycles. The lowest BCUT2D eigenvalue weighted by Crippen LogP contribution is -2.25. The number of nitrogens with one attached hydrogen (secondary N) is 1. The smallest absolute Gasteiger partial charge is 0.159 e. The van der Waals surface area contributed by atoms with E-state index in [1.54, 1.807) is 6.92 Å². The lowest BCUT2D eigenvalue weighted by Gasteiger charge is -2.26. The van der Waals surface area contributed by atoms with Crippen LogP contribution in [0.4, 0.5) is 5.69 Å². The number of Topliss-reactive ketones (excluding diaryl/α,β-unsaturated/α-hetero) is 1. The van der Waals surface area contributed by atoms with Gasteiger partial charge in [0.25, 0.3) is 0 Å². The van der Waals surface area contributed by atoms with Gasteiger partial charge in [-0.15, -0.1) is 0 Å². The van der Waals surface area contributed by atoms with Gasteiger partial charge in [0.1, 0.15) is 0 Å². The summed E-state index contributed by atoms with van der Waals surface area (Å²) in [7, 11) is 0. The Morgan fingerprint density at radius 1 is 1.22 bits per heavy atom. The fourth-order valence-corrected chi connectivity index (χ4v) is 2.40. The van der Waals surface area contributed by atoms with E-state index in [0.717, 1.165) is 36.9 Å². The maximum atomic E-state index is 11.2. The lowest BCUT2D eigenvalue weighted by atomic mass is 9.87. The Labute approximate surface area is 108 Å². The molecule has 0 heterocycles. The van der Waals surface area contributed by atoms with Gasteiger partial charge in [-0.2, -0.15) is 5.26 Å². The quantitative estimate of drug-likeness (QED) is 0.827. The maximum absolute atomic E-state index is 11.2. The zero-order valence-electron chi connectivity index (χ0n) is 10.6. The van der Waals surface area contributed by atoms with Crippen LogP contribution in [-0.2, 0) is 0 Å². The largest absolute Gasteiger partial charge is 0.382 e. The first-order valence-electron chi connectivity index (χ1n) is 6.46. The van der Waals surface area contributed by atoms with Gasteiger partial charge < -0.3 is 5.32 Å². The molecule has 18 heavy (non-hydrogen) atoms. The molecular weight excluding hydrogens is 224 g/mol. The monoisotopic (exact) mass is 242 g/mol. The predicted octanol–water partition coefficient (Wildman–Crippen LogP) is 3.38. The van der Waals surface area contributed by atoms with Crippen molar-refractivity contribution >= 4 is 11.5 Å². The number of nitrogens with zero attached hydrogens (tertiary/aromatic N) is 1. The minimum atomic E-state index is 0.0936. The van der Waals surface area contributed by atoms with E-state index in [2.05, 4.69) is 11.4 Å². The van der Waals surface area contributed by atoms with Crippen LogP contribution in [0.15, 0.2) is 24.3 Å². The van der Waals surface area contributed by atoms with E-state index >= 15 is 0 Å². The normalized spacial score (nSPS) is 23.1. The fourth-order valence-electron chi connectivity index (χ4n) is 2.40. The molecule has 1 aliphatic rings. The van der Waals surface area contributed by atoms with Crippen molar-refractivity contribution in [1.82, 2.24) is 0 Å². The van der Waals surface area contributed by atoms with Crippen molar-refractivity contribution in [3.63, 3.8) is 0 Å². The van der Waals surface area contributed by atoms with Crippen molar-refractivity contribution in [1.29, 1.82) is 5.26 Å². The molecule has 0 unspecified atom stereocenters. The van der Waals surface area contributed by atoms with Crippen LogP contribution in [0.2, 0.25) is 0 Å². The van der Waals surface area contributed by atoms with Crippen molar-refractivity contribution < 1.29 is 4.79 Å². The molecule has 0 saturated heterocycles. The number of rotatable bonds is 3. The summed E-state index contributed by atoms with van der Waals surface area (Å²) >= 11 is 0. The van der Waals surface area contributed by atoms with Crippen LogP contribution < -0.4 is 5.32 Å². The number of nitriles is 1. The highest BCUT2D eigenvalue weighted by Crippen LogP contribution is 2.26. The molecule has 0 spiro atoms. The molecule has 0 aliphatic heterocycles. The van der Waals surface area contributed by atoms with Gasteiger partial charge in [0.15, 0.2) is 5.78 Å². The van der Waals surface area contributed by atoms with E-state index in [0.29, 0.717) is 6.04 Å². The Bertz CT molecular complexity index is 450. The number of benzene rings is 1. The molecule has 1 saturated carbocycles. The SMILES string of the molecule is CC(=O)c1ccc(NC2CCC(C#N)CC2)cc1. The second kappa shape index (κ2) is 5.68. The van der Waals surface area contributed by atoms with Gasteiger partial charge in [-0.25, -0.2) is 0 Å². The molecule has 1 aliphatic carbocycles. The summed E-state index contributed by atoms with van der Waals surface area (Å²) < 4.78 is 0. The third kappa shape index (κ3) is 3.10. The van der Waals surface area contributed by atoms with Crippen LogP contribution in [0.5, 0.6) is 0 Å². The molecular formula is C15H18N2O. The van der Waals surface area contributed by atoms with Gasteiger partial charge in [-0.05, 0) is 56.9 Å². The molecule has 3 nitrogen and oxygen atoms in total. The Morgan fingerprint density at radius 2 is 1.83 bits per heavy atom. The molecule has 1 N–H and O–H groups in total. The zero-order valence-corrected chi connectivity index (χ0v) is 10.6. The summed E-state index contributed by atoms with van der Waals surface area (Å²) in [5, 5.41) is 12.3. The molecule has 2 rings (SSSR count). The molecule has 1 aromatic rings. The number of anilines is 1. The van der Waals surface area contributed by atoms with E-state index in [9.17, 15) is 4.79 Å². The van der Waals surface area contributed by atoms with Crippen LogP contribution in [0.25, 0.3) is 0 Å². The maximum Gasteiger partial charge on any atom is 0.159 e. The number of carbonyl (C=O) groups excluding carboxylic acids is 1. The van der Waals surface area contributed by atoms with Gasteiger partial charge in [0, 0.05) is 23.2 Å². The summed E-state index contributed by atoms with van der Waals surface area (Å²) in [6.45, 7) is 1.58. The highest BCUT2D eigenvalue weighted by Gasteiger charge is 2.20. The average molecular weight is 242 g/mol. The third-order valence-electron chi connectivity index (χ3n) is 3.57. The number of hydrogen-bond acceptors (Lipinski definition) is 3. The van der Waals surface area contributed by atoms with E-state index in [4.69, 9.17) is 5.26 Å². The van der Waals surface area contributed by atoms with E-state index in [1.807, 2.05) is 24.3 Å². The van der Waals surface area contributed by atoms with Gasteiger partial charge in [-0.3, -0.25) is 4.79 Å². The Hall–Kier alpha value is -1.82. The molecule has 0 atom stereocenters. The van der Waals surface area contributed by atoms with Crippen molar-refractivity contribution in [3.8, 4) is 6.07 Å². The number of carbonyl (C=O) groups is 1. The van der Waals surface area contributed by atoms with E-state index in [-0.39, 0.29) is 11.7 Å². The second-order valence-electron chi connectivity index (χ2n) is 4.96. The molecule has 94 valence electrons. The lowest BCUT2D eigenvalue weighted by molar-refractivity contribution is 0.101. The molecule has 0 amide bonds. The Balaban J connectivity index is 1.90. The highest BCUT2D eigenvalue weighted by atomic mass is 16.1. The first kappa shape index (κ1) is 12.6. The predicted molar refractivity (Wildman–Crippen MR) is 71.4 cm³/mol. The van der Waals surface area contributed by atoms with Crippen LogP contribution in [0, 0.1) is 17.2 Å². The summed E-state index contributed by atoms with van der Waals surface area (Å²) in [6.07, 6.45) is 4.07. The first-order chi connectivity index (χ1) is 8.69. The van der Waals surface area contributed by atoms with Crippen LogP contribution in [-0.4, -0.2) is 11.8 Å². The fraction of sp³-hybridized carbons (Fsp3) is 0.467. The summed E-state index contributed by atoms with van der Waals surface area (Å²) in [4.78, 5) is 11.2. The van der Waals surface area contributed by atoms with Crippen molar-refractivity contribution in [3.05, 3.63) is 29.8 Å². The highest BCUT2D eigenvalue weighted by molar-refractivity contribution is 5.94. The Kier molecular flexibility index (Phi) is 3.99. The number of ketones is 1. The molecule has 1 fully saturated rings. The van der Waals surface area contributed by atoms with E-state index in [1.165, 1.54) is 0 Å². The van der Waals surface area contributed by atoms with Gasteiger partial charge in [-0.1, -0.05) is 0 Å². The van der Waals surface area contributed by atoms with Crippen molar-refractivity contribution in [2.24, 2.45) is 5.92 Å². The van der Waals surface area contributed by atoms with Gasteiger partial charge in [0.05, 0.1) is 6.07 Å². The summed E-state index contributed by atoms with van der Waals surface area (Å²) in [5.74, 6) is 0.333. The zero-order chi connectivity index (χ0) is 13.0. The second-order valence-corrected chi connectivity index (χ2v) is 4.96.